The Morgan fingerprint density at radius 3 is 2.22 bits per heavy atom. The molecule has 1 aromatic rings. The van der Waals surface area contributed by atoms with Crippen LogP contribution in [0.3, 0.4) is 0 Å². The minimum Gasteiger partial charge on any atom is -0.351 e. The fourth-order valence-corrected chi connectivity index (χ4v) is 1.66. The van der Waals surface area contributed by atoms with Gasteiger partial charge in [0.2, 0.25) is 0 Å². The molecule has 0 bridgehead atoms. The molecule has 0 spiro atoms. The Kier molecular flexibility index (Phi) is 6.18. The summed E-state index contributed by atoms with van der Waals surface area (Å²) >= 11 is 0. The first kappa shape index (κ1) is 15.0. The fourth-order valence-electron chi connectivity index (χ4n) is 1.66. The zero-order valence-electron chi connectivity index (χ0n) is 10.7. The molecule has 0 heterocycles. The number of benzene rings is 1. The minimum atomic E-state index is -0.871. The first-order chi connectivity index (χ1) is 8.58. The smallest absolute Gasteiger partial charge is 0.172 e. The first-order valence-electron chi connectivity index (χ1n) is 6.01. The average molecular weight is 259 g/mol. The van der Waals surface area contributed by atoms with Crippen LogP contribution in [0, 0.1) is 11.6 Å². The van der Waals surface area contributed by atoms with Crippen LogP contribution in [0.2, 0.25) is 0 Å². The van der Waals surface area contributed by atoms with Crippen molar-refractivity contribution in [1.29, 1.82) is 0 Å². The Labute approximate surface area is 106 Å². The summed E-state index contributed by atoms with van der Waals surface area (Å²) in [6.07, 6.45) is -0.171. The van der Waals surface area contributed by atoms with Gasteiger partial charge in [0.25, 0.3) is 0 Å². The lowest BCUT2D eigenvalue weighted by Gasteiger charge is -2.23. The van der Waals surface area contributed by atoms with E-state index in [1.807, 2.05) is 13.8 Å². The Bertz CT molecular complexity index is 368. The van der Waals surface area contributed by atoms with Gasteiger partial charge in [0.15, 0.2) is 17.9 Å². The zero-order chi connectivity index (χ0) is 13.5. The lowest BCUT2D eigenvalue weighted by Crippen LogP contribution is -2.40. The number of hydrogen-bond acceptors (Lipinski definition) is 3. The molecule has 1 atom stereocenters. The molecule has 0 fully saturated rings. The Morgan fingerprint density at radius 1 is 1.11 bits per heavy atom. The van der Waals surface area contributed by atoms with Crippen LogP contribution >= 0.6 is 0 Å². The van der Waals surface area contributed by atoms with Crippen LogP contribution in [-0.4, -0.2) is 25.5 Å². The molecule has 0 radical (unpaired) electrons. The summed E-state index contributed by atoms with van der Waals surface area (Å²) in [4.78, 5) is 0. The Hall–Kier alpha value is -1.04. The molecule has 0 saturated carbocycles. The van der Waals surface area contributed by atoms with Crippen molar-refractivity contribution >= 4 is 0 Å². The van der Waals surface area contributed by atoms with Crippen molar-refractivity contribution in [3.05, 3.63) is 35.4 Å². The molecule has 102 valence electrons. The maximum absolute atomic E-state index is 13.0. The van der Waals surface area contributed by atoms with Gasteiger partial charge in [-0.15, -0.1) is 0 Å². The van der Waals surface area contributed by atoms with Crippen LogP contribution in [0.1, 0.15) is 19.4 Å². The van der Waals surface area contributed by atoms with E-state index in [1.54, 1.807) is 0 Å². The summed E-state index contributed by atoms with van der Waals surface area (Å²) in [5.41, 5.74) is 6.56. The van der Waals surface area contributed by atoms with Gasteiger partial charge in [-0.05, 0) is 38.0 Å². The SMILES string of the molecule is CCOC(OCC)C(N)Cc1ccc(F)c(F)c1. The zero-order valence-corrected chi connectivity index (χ0v) is 10.7. The molecule has 1 unspecified atom stereocenters. The lowest BCUT2D eigenvalue weighted by molar-refractivity contribution is -0.148. The Balaban J connectivity index is 2.66. The molecule has 0 aliphatic heterocycles. The highest BCUT2D eigenvalue weighted by molar-refractivity contribution is 5.18. The van der Waals surface area contributed by atoms with Gasteiger partial charge in [-0.2, -0.15) is 0 Å². The van der Waals surface area contributed by atoms with Gasteiger partial charge in [-0.1, -0.05) is 6.07 Å². The molecule has 0 aromatic heterocycles. The molecule has 0 aliphatic rings. The summed E-state index contributed by atoms with van der Waals surface area (Å²) < 4.78 is 36.5. The van der Waals surface area contributed by atoms with E-state index in [0.717, 1.165) is 12.1 Å². The highest BCUT2D eigenvalue weighted by atomic mass is 19.2. The third-order valence-corrected chi connectivity index (χ3v) is 2.47. The van der Waals surface area contributed by atoms with Crippen LogP contribution in [0.5, 0.6) is 0 Å². The van der Waals surface area contributed by atoms with E-state index in [4.69, 9.17) is 15.2 Å². The van der Waals surface area contributed by atoms with Gasteiger partial charge in [-0.3, -0.25) is 0 Å². The largest absolute Gasteiger partial charge is 0.351 e. The maximum atomic E-state index is 13.0. The minimum absolute atomic E-state index is 0.363. The predicted molar refractivity (Wildman–Crippen MR) is 65.1 cm³/mol. The van der Waals surface area contributed by atoms with E-state index in [9.17, 15) is 8.78 Å². The number of halogens is 2. The van der Waals surface area contributed by atoms with E-state index in [1.165, 1.54) is 6.07 Å². The summed E-state index contributed by atoms with van der Waals surface area (Å²) in [6, 6.07) is 3.32. The van der Waals surface area contributed by atoms with E-state index >= 15 is 0 Å². The summed E-state index contributed by atoms with van der Waals surface area (Å²) in [5.74, 6) is -1.73. The molecule has 5 heteroatoms. The second-order valence-corrected chi connectivity index (χ2v) is 3.90. The predicted octanol–water partition coefficient (Wildman–Crippen LogP) is 2.23. The Morgan fingerprint density at radius 2 is 1.72 bits per heavy atom. The molecule has 3 nitrogen and oxygen atoms in total. The third kappa shape index (κ3) is 4.33. The molecular formula is C13H19F2NO2. The van der Waals surface area contributed by atoms with Crippen molar-refractivity contribution in [2.24, 2.45) is 5.73 Å². The van der Waals surface area contributed by atoms with Crippen LogP contribution in [-0.2, 0) is 15.9 Å². The van der Waals surface area contributed by atoms with E-state index in [0.29, 0.717) is 25.2 Å². The highest BCUT2D eigenvalue weighted by Crippen LogP contribution is 2.12. The van der Waals surface area contributed by atoms with Crippen LogP contribution in [0.25, 0.3) is 0 Å². The quantitative estimate of drug-likeness (QED) is 0.764. The second-order valence-electron chi connectivity index (χ2n) is 3.90. The second kappa shape index (κ2) is 7.41. The average Bonchev–Trinajstić information content (AvgIpc) is 2.33. The maximum Gasteiger partial charge on any atom is 0.172 e. The van der Waals surface area contributed by atoms with Crippen molar-refractivity contribution in [1.82, 2.24) is 0 Å². The molecule has 1 aromatic carbocycles. The van der Waals surface area contributed by atoms with Gasteiger partial charge < -0.3 is 15.2 Å². The van der Waals surface area contributed by atoms with E-state index in [2.05, 4.69) is 0 Å². The molecule has 0 aliphatic carbocycles. The number of hydrogen-bond donors (Lipinski definition) is 1. The molecule has 1 rings (SSSR count). The fraction of sp³-hybridized carbons (Fsp3) is 0.538. The summed E-state index contributed by atoms with van der Waals surface area (Å²) in [5, 5.41) is 0. The van der Waals surface area contributed by atoms with Gasteiger partial charge >= 0.3 is 0 Å². The van der Waals surface area contributed by atoms with Gasteiger partial charge in [0.1, 0.15) is 0 Å². The van der Waals surface area contributed by atoms with Crippen molar-refractivity contribution in [2.45, 2.75) is 32.6 Å². The normalized spacial score (nSPS) is 13.0. The van der Waals surface area contributed by atoms with Gasteiger partial charge in [0.05, 0.1) is 6.04 Å². The number of ether oxygens (including phenoxy) is 2. The van der Waals surface area contributed by atoms with Crippen molar-refractivity contribution in [2.75, 3.05) is 13.2 Å². The number of rotatable bonds is 7. The monoisotopic (exact) mass is 259 g/mol. The van der Waals surface area contributed by atoms with Crippen LogP contribution < -0.4 is 5.73 Å². The van der Waals surface area contributed by atoms with Crippen molar-refractivity contribution in [3.63, 3.8) is 0 Å². The van der Waals surface area contributed by atoms with Crippen molar-refractivity contribution in [3.8, 4) is 0 Å². The first-order valence-corrected chi connectivity index (χ1v) is 6.01. The third-order valence-electron chi connectivity index (χ3n) is 2.47. The topological polar surface area (TPSA) is 44.5 Å². The van der Waals surface area contributed by atoms with Gasteiger partial charge in [0, 0.05) is 13.2 Å². The molecule has 0 amide bonds. The van der Waals surface area contributed by atoms with Crippen molar-refractivity contribution < 1.29 is 18.3 Å². The standard InChI is InChI=1S/C13H19F2NO2/c1-3-17-13(18-4-2)12(16)8-9-5-6-10(14)11(15)7-9/h5-7,12-13H,3-4,8,16H2,1-2H3. The highest BCUT2D eigenvalue weighted by Gasteiger charge is 2.19. The molecular weight excluding hydrogens is 240 g/mol. The van der Waals surface area contributed by atoms with Crippen LogP contribution in [0.4, 0.5) is 8.78 Å². The van der Waals surface area contributed by atoms with E-state index in [-0.39, 0.29) is 0 Å². The number of nitrogens with two attached hydrogens (primary N) is 1. The summed E-state index contributed by atoms with van der Waals surface area (Å²) in [7, 11) is 0. The molecule has 0 saturated heterocycles. The molecule has 2 N–H and O–H groups in total. The van der Waals surface area contributed by atoms with Gasteiger partial charge in [-0.25, -0.2) is 8.78 Å². The summed E-state index contributed by atoms with van der Waals surface area (Å²) in [6.45, 7) is 4.65. The van der Waals surface area contributed by atoms with Crippen LogP contribution in [0.15, 0.2) is 18.2 Å². The van der Waals surface area contributed by atoms with E-state index < -0.39 is 24.0 Å². The molecule has 18 heavy (non-hydrogen) atoms. The lowest BCUT2D eigenvalue weighted by atomic mass is 10.1.